The summed E-state index contributed by atoms with van der Waals surface area (Å²) in [6.45, 7) is 7.73. The van der Waals surface area contributed by atoms with Gasteiger partial charge in [0.15, 0.2) is 0 Å². The number of imidazole rings is 1. The van der Waals surface area contributed by atoms with Gasteiger partial charge in [0.1, 0.15) is 0 Å². The lowest BCUT2D eigenvalue weighted by Gasteiger charge is -2.34. The highest BCUT2D eigenvalue weighted by molar-refractivity contribution is 5.15. The second kappa shape index (κ2) is 5.50. The third-order valence-corrected chi connectivity index (χ3v) is 3.81. The highest BCUT2D eigenvalue weighted by Gasteiger charge is 2.31. The van der Waals surface area contributed by atoms with Crippen molar-refractivity contribution in [3.63, 3.8) is 0 Å². The number of aromatic nitrogens is 2. The monoisotopic (exact) mass is 233 g/mol. The molecule has 3 nitrogen and oxygen atoms in total. The number of piperidine rings is 1. The Morgan fingerprint density at radius 2 is 2.24 bits per heavy atom. The molecule has 1 saturated heterocycles. The van der Waals surface area contributed by atoms with Crippen LogP contribution in [0.15, 0.2) is 24.7 Å². The fourth-order valence-electron chi connectivity index (χ4n) is 2.62. The SMILES string of the molecule is C/C=C/CCn1cncc1C1(C)CCNCC1. The van der Waals surface area contributed by atoms with Crippen LogP contribution in [0.5, 0.6) is 0 Å². The van der Waals surface area contributed by atoms with E-state index in [-0.39, 0.29) is 0 Å². The molecule has 0 saturated carbocycles. The van der Waals surface area contributed by atoms with E-state index in [4.69, 9.17) is 0 Å². The summed E-state index contributed by atoms with van der Waals surface area (Å²) in [4.78, 5) is 4.34. The van der Waals surface area contributed by atoms with Gasteiger partial charge in [0.2, 0.25) is 0 Å². The van der Waals surface area contributed by atoms with Gasteiger partial charge in [-0.15, -0.1) is 0 Å². The molecule has 1 aromatic rings. The molecule has 2 rings (SSSR count). The average molecular weight is 233 g/mol. The molecular formula is C14H23N3. The normalized spacial score (nSPS) is 19.9. The summed E-state index contributed by atoms with van der Waals surface area (Å²) in [6, 6.07) is 0. The Morgan fingerprint density at radius 1 is 1.47 bits per heavy atom. The fraction of sp³-hybridized carbons (Fsp3) is 0.643. The number of allylic oxidation sites excluding steroid dienone is 2. The van der Waals surface area contributed by atoms with Crippen LogP contribution in [0, 0.1) is 0 Å². The standard InChI is InChI=1S/C14H23N3/c1-3-4-5-10-17-12-16-11-13(17)14(2)6-8-15-9-7-14/h3-4,11-12,15H,5-10H2,1-2H3/b4-3+. The van der Waals surface area contributed by atoms with Crippen molar-refractivity contribution < 1.29 is 0 Å². The van der Waals surface area contributed by atoms with Gasteiger partial charge in [-0.05, 0) is 39.3 Å². The van der Waals surface area contributed by atoms with Crippen LogP contribution in [0.3, 0.4) is 0 Å². The van der Waals surface area contributed by atoms with Crippen LogP contribution in [0.1, 0.15) is 38.8 Å². The van der Waals surface area contributed by atoms with Gasteiger partial charge >= 0.3 is 0 Å². The molecule has 17 heavy (non-hydrogen) atoms. The number of hydrogen-bond acceptors (Lipinski definition) is 2. The zero-order valence-corrected chi connectivity index (χ0v) is 10.9. The van der Waals surface area contributed by atoms with Crippen LogP contribution in [0.25, 0.3) is 0 Å². The number of nitrogens with one attached hydrogen (secondary N) is 1. The topological polar surface area (TPSA) is 29.9 Å². The van der Waals surface area contributed by atoms with Crippen molar-refractivity contribution in [2.75, 3.05) is 13.1 Å². The summed E-state index contributed by atoms with van der Waals surface area (Å²) < 4.78 is 2.32. The van der Waals surface area contributed by atoms with E-state index in [0.717, 1.165) is 26.1 Å². The summed E-state index contributed by atoms with van der Waals surface area (Å²) in [5, 5.41) is 3.43. The minimum atomic E-state index is 0.303. The summed E-state index contributed by atoms with van der Waals surface area (Å²) in [7, 11) is 0. The van der Waals surface area contributed by atoms with Crippen LogP contribution in [0.4, 0.5) is 0 Å². The molecule has 3 heteroatoms. The number of rotatable bonds is 4. The van der Waals surface area contributed by atoms with Crippen molar-refractivity contribution in [3.05, 3.63) is 30.4 Å². The molecule has 0 unspecified atom stereocenters. The predicted octanol–water partition coefficient (Wildman–Crippen LogP) is 2.49. The number of aryl methyl sites for hydroxylation is 1. The van der Waals surface area contributed by atoms with Crippen molar-refractivity contribution in [2.45, 2.75) is 45.1 Å². The molecule has 0 amide bonds. The van der Waals surface area contributed by atoms with E-state index in [0.29, 0.717) is 5.41 Å². The molecule has 1 N–H and O–H groups in total. The third kappa shape index (κ3) is 2.78. The first-order chi connectivity index (χ1) is 8.26. The predicted molar refractivity (Wildman–Crippen MR) is 71.1 cm³/mol. The Bertz CT molecular complexity index is 373. The van der Waals surface area contributed by atoms with Crippen LogP contribution in [-0.4, -0.2) is 22.6 Å². The lowest BCUT2D eigenvalue weighted by Crippen LogP contribution is -2.39. The summed E-state index contributed by atoms with van der Waals surface area (Å²) in [6.07, 6.45) is 11.9. The second-order valence-corrected chi connectivity index (χ2v) is 5.14. The van der Waals surface area contributed by atoms with E-state index in [1.54, 1.807) is 0 Å². The Labute approximate surface area is 104 Å². The van der Waals surface area contributed by atoms with Crippen molar-refractivity contribution in [2.24, 2.45) is 0 Å². The Balaban J connectivity index is 2.11. The maximum absolute atomic E-state index is 4.34. The van der Waals surface area contributed by atoms with E-state index in [9.17, 15) is 0 Å². The molecule has 0 atom stereocenters. The molecule has 1 aliphatic heterocycles. The Kier molecular flexibility index (Phi) is 4.00. The van der Waals surface area contributed by atoms with Crippen molar-refractivity contribution >= 4 is 0 Å². The zero-order chi connectivity index (χ0) is 12.1. The van der Waals surface area contributed by atoms with Gasteiger partial charge in [-0.2, -0.15) is 0 Å². The molecule has 0 spiro atoms. The first-order valence-corrected chi connectivity index (χ1v) is 6.59. The smallest absolute Gasteiger partial charge is 0.0948 e. The Hall–Kier alpha value is -1.09. The van der Waals surface area contributed by atoms with Crippen molar-refractivity contribution in [1.29, 1.82) is 0 Å². The molecule has 0 bridgehead atoms. The molecule has 94 valence electrons. The van der Waals surface area contributed by atoms with Crippen LogP contribution < -0.4 is 5.32 Å². The molecule has 0 aromatic carbocycles. The van der Waals surface area contributed by atoms with Crippen LogP contribution in [0.2, 0.25) is 0 Å². The minimum absolute atomic E-state index is 0.303. The van der Waals surface area contributed by atoms with Gasteiger partial charge in [-0.25, -0.2) is 4.98 Å². The minimum Gasteiger partial charge on any atom is -0.334 e. The lowest BCUT2D eigenvalue weighted by atomic mass is 9.78. The number of hydrogen-bond donors (Lipinski definition) is 1. The molecule has 1 aromatic heterocycles. The van der Waals surface area contributed by atoms with Gasteiger partial charge in [-0.1, -0.05) is 19.1 Å². The molecule has 1 aliphatic rings. The van der Waals surface area contributed by atoms with Gasteiger partial charge in [0, 0.05) is 23.9 Å². The zero-order valence-electron chi connectivity index (χ0n) is 10.9. The summed E-state index contributed by atoms with van der Waals surface area (Å²) in [5.74, 6) is 0. The average Bonchev–Trinajstić information content (AvgIpc) is 2.79. The van der Waals surface area contributed by atoms with Gasteiger partial charge in [0.05, 0.1) is 6.33 Å². The largest absolute Gasteiger partial charge is 0.334 e. The third-order valence-electron chi connectivity index (χ3n) is 3.81. The molecule has 0 radical (unpaired) electrons. The van der Waals surface area contributed by atoms with Crippen molar-refractivity contribution in [3.8, 4) is 0 Å². The van der Waals surface area contributed by atoms with E-state index < -0.39 is 0 Å². The fourth-order valence-corrected chi connectivity index (χ4v) is 2.62. The maximum Gasteiger partial charge on any atom is 0.0948 e. The van der Waals surface area contributed by atoms with E-state index >= 15 is 0 Å². The quantitative estimate of drug-likeness (QED) is 0.810. The first-order valence-electron chi connectivity index (χ1n) is 6.59. The molecule has 0 aliphatic carbocycles. The van der Waals surface area contributed by atoms with Gasteiger partial charge in [-0.3, -0.25) is 0 Å². The number of nitrogens with zero attached hydrogens (tertiary/aromatic N) is 2. The van der Waals surface area contributed by atoms with Crippen LogP contribution in [-0.2, 0) is 12.0 Å². The molecule has 1 fully saturated rings. The first kappa shape index (κ1) is 12.4. The van der Waals surface area contributed by atoms with E-state index in [1.807, 2.05) is 6.33 Å². The van der Waals surface area contributed by atoms with E-state index in [2.05, 4.69) is 47.1 Å². The van der Waals surface area contributed by atoms with Gasteiger partial charge in [0.25, 0.3) is 0 Å². The van der Waals surface area contributed by atoms with E-state index in [1.165, 1.54) is 18.5 Å². The van der Waals surface area contributed by atoms with Gasteiger partial charge < -0.3 is 9.88 Å². The lowest BCUT2D eigenvalue weighted by molar-refractivity contribution is 0.317. The second-order valence-electron chi connectivity index (χ2n) is 5.14. The maximum atomic E-state index is 4.34. The Morgan fingerprint density at radius 3 is 2.94 bits per heavy atom. The summed E-state index contributed by atoms with van der Waals surface area (Å²) >= 11 is 0. The summed E-state index contributed by atoms with van der Waals surface area (Å²) in [5.41, 5.74) is 1.71. The molecular weight excluding hydrogens is 210 g/mol. The highest BCUT2D eigenvalue weighted by Crippen LogP contribution is 2.32. The molecule has 2 heterocycles. The van der Waals surface area contributed by atoms with Crippen molar-refractivity contribution in [1.82, 2.24) is 14.9 Å². The van der Waals surface area contributed by atoms with Crippen LogP contribution >= 0.6 is 0 Å². The highest BCUT2D eigenvalue weighted by atomic mass is 15.1.